The summed E-state index contributed by atoms with van der Waals surface area (Å²) in [6, 6.07) is 11.1. The Balaban J connectivity index is 0.869. The van der Waals surface area contributed by atoms with Gasteiger partial charge < -0.3 is 50.3 Å². The number of β-amino-alcohol motifs (C(OH)–C–C–N with tert-alkyl or cyclic N) is 1. The third-order valence-electron chi connectivity index (χ3n) is 15.6. The van der Waals surface area contributed by atoms with E-state index in [0.29, 0.717) is 11.3 Å². The monoisotopic (exact) mass is 1190 g/mol. The van der Waals surface area contributed by atoms with Crippen molar-refractivity contribution in [2.75, 3.05) is 56.0 Å². The molecular formula is C59H68F3N13O9S. The van der Waals surface area contributed by atoms with Crippen LogP contribution in [0.4, 0.5) is 24.5 Å². The van der Waals surface area contributed by atoms with Crippen LogP contribution in [0, 0.1) is 19.3 Å². The Bertz CT molecular complexity index is 3640. The first-order chi connectivity index (χ1) is 40.3. The summed E-state index contributed by atoms with van der Waals surface area (Å²) in [4.78, 5) is 118. The van der Waals surface area contributed by atoms with Crippen LogP contribution < -0.4 is 26.4 Å². The van der Waals surface area contributed by atoms with Gasteiger partial charge in [0.25, 0.3) is 11.5 Å². The van der Waals surface area contributed by atoms with E-state index in [2.05, 4.69) is 31.0 Å². The van der Waals surface area contributed by atoms with Gasteiger partial charge in [-0.25, -0.2) is 9.97 Å². The van der Waals surface area contributed by atoms with Crippen molar-refractivity contribution in [1.29, 1.82) is 0 Å². The predicted molar refractivity (Wildman–Crippen MR) is 310 cm³/mol. The highest BCUT2D eigenvalue weighted by atomic mass is 32.1. The molecule has 450 valence electrons. The molecule has 0 unspecified atom stereocenters. The van der Waals surface area contributed by atoms with E-state index in [1.165, 1.54) is 57.0 Å². The first-order valence-electron chi connectivity index (χ1n) is 28.0. The molecule has 26 heteroatoms. The molecule has 85 heavy (non-hydrogen) atoms. The first-order valence-corrected chi connectivity index (χ1v) is 28.9. The van der Waals surface area contributed by atoms with Gasteiger partial charge in [-0.2, -0.15) is 22.7 Å². The summed E-state index contributed by atoms with van der Waals surface area (Å²) in [6.07, 6.45) is -2.44. The minimum Gasteiger partial charge on any atom is -0.505 e. The van der Waals surface area contributed by atoms with Crippen LogP contribution in [0.5, 0.6) is 5.75 Å². The number of pyridine rings is 1. The second-order valence-electron chi connectivity index (χ2n) is 22.6. The first kappa shape index (κ1) is 61.1. The molecule has 6 aromatic rings. The van der Waals surface area contributed by atoms with Gasteiger partial charge in [-0.1, -0.05) is 58.0 Å². The number of aromatic hydroxyl groups is 1. The maximum Gasteiger partial charge on any atom is 0.416 e. The summed E-state index contributed by atoms with van der Waals surface area (Å²) in [5, 5.41) is 34.3. The quantitative estimate of drug-likeness (QED) is 0.0781. The van der Waals surface area contributed by atoms with E-state index < -0.39 is 83.0 Å². The second kappa shape index (κ2) is 25.0. The van der Waals surface area contributed by atoms with Crippen LogP contribution in [0.15, 0.2) is 77.2 Å². The Morgan fingerprint density at radius 3 is 2.25 bits per heavy atom. The molecular weight excluding hydrogens is 1120 g/mol. The number of likely N-dealkylation sites (tertiary alicyclic amines) is 1. The zero-order valence-corrected chi connectivity index (χ0v) is 49.0. The Kier molecular flexibility index (Phi) is 17.9. The number of aliphatic hydroxyl groups excluding tert-OH is 1. The van der Waals surface area contributed by atoms with Gasteiger partial charge in [0.2, 0.25) is 35.3 Å². The molecule has 2 aromatic carbocycles. The number of benzene rings is 2. The summed E-state index contributed by atoms with van der Waals surface area (Å²) >= 11 is 1.54. The summed E-state index contributed by atoms with van der Waals surface area (Å²) in [5.41, 5.74) is 3.67. The molecule has 7 heterocycles. The van der Waals surface area contributed by atoms with Crippen LogP contribution >= 0.6 is 11.3 Å². The van der Waals surface area contributed by atoms with Crippen LogP contribution in [-0.4, -0.2) is 153 Å². The fourth-order valence-electron chi connectivity index (χ4n) is 10.9. The normalized spacial score (nSPS) is 17.4. The Morgan fingerprint density at radius 1 is 0.894 bits per heavy atom. The van der Waals surface area contributed by atoms with Gasteiger partial charge in [0, 0.05) is 77.0 Å². The molecule has 0 bridgehead atoms. The smallest absolute Gasteiger partial charge is 0.416 e. The van der Waals surface area contributed by atoms with Crippen molar-refractivity contribution in [2.45, 2.75) is 118 Å². The minimum atomic E-state index is -4.60. The third kappa shape index (κ3) is 13.4. The number of carbonyl (C=O) groups excluding carboxylic acids is 6. The number of rotatable bonds is 16. The van der Waals surface area contributed by atoms with Gasteiger partial charge >= 0.3 is 6.18 Å². The largest absolute Gasteiger partial charge is 0.505 e. The summed E-state index contributed by atoms with van der Waals surface area (Å²) < 4.78 is 43.2. The van der Waals surface area contributed by atoms with Gasteiger partial charge in [-0.15, -0.1) is 16.4 Å². The van der Waals surface area contributed by atoms with Gasteiger partial charge in [-0.3, -0.25) is 33.6 Å². The fourth-order valence-corrected chi connectivity index (χ4v) is 11.8. The van der Waals surface area contributed by atoms with E-state index in [4.69, 9.17) is 4.98 Å². The molecule has 9 rings (SSSR count). The molecule has 0 aliphatic carbocycles. The number of piperazine rings is 1. The number of nitrogens with zero attached hydrogens (tertiary/aromatic N) is 10. The molecule has 22 nitrogen and oxygen atoms in total. The van der Waals surface area contributed by atoms with Crippen LogP contribution in [-0.2, 0) is 43.1 Å². The summed E-state index contributed by atoms with van der Waals surface area (Å²) in [7, 11) is 0. The summed E-state index contributed by atoms with van der Waals surface area (Å²) in [5.74, 6) is -3.15. The highest BCUT2D eigenvalue weighted by Crippen LogP contribution is 2.34. The molecule has 0 saturated carbocycles. The van der Waals surface area contributed by atoms with Crippen molar-refractivity contribution in [3.63, 3.8) is 0 Å². The van der Waals surface area contributed by atoms with Crippen molar-refractivity contribution < 1.29 is 52.2 Å². The van der Waals surface area contributed by atoms with Crippen LogP contribution in [0.25, 0.3) is 21.8 Å². The molecule has 6 amide bonds. The number of aliphatic hydroxyl groups is 1. The van der Waals surface area contributed by atoms with Crippen molar-refractivity contribution >= 4 is 69.5 Å². The lowest BCUT2D eigenvalue weighted by Gasteiger charge is -2.36. The average Bonchev–Trinajstić information content (AvgIpc) is 1.83. The Hall–Kier alpha value is -8.52. The number of alkyl halides is 3. The van der Waals surface area contributed by atoms with Crippen molar-refractivity contribution in [1.82, 2.24) is 54.5 Å². The molecule has 0 spiro atoms. The second-order valence-corrected chi connectivity index (χ2v) is 23.5. The number of anilines is 2. The topological polar surface area (TPSA) is 270 Å². The van der Waals surface area contributed by atoms with Gasteiger partial charge in [0.05, 0.1) is 39.5 Å². The number of hydrogen-bond acceptors (Lipinski definition) is 15. The lowest BCUT2D eigenvalue weighted by Crippen LogP contribution is -2.57. The third-order valence-corrected chi connectivity index (χ3v) is 16.6. The maximum atomic E-state index is 14.7. The zero-order chi connectivity index (χ0) is 61.2. The molecule has 5 N–H and O–H groups in total. The number of carbonyl (C=O) groups is 6. The van der Waals surface area contributed by atoms with E-state index in [1.54, 1.807) is 49.1 Å². The Labute approximate surface area is 491 Å². The fraction of sp³-hybridized carbons (Fsp3) is 0.441. The van der Waals surface area contributed by atoms with E-state index >= 15 is 0 Å². The molecule has 3 aliphatic heterocycles. The predicted octanol–water partition coefficient (Wildman–Crippen LogP) is 5.68. The number of fused-ring (bicyclic) bond motifs is 1. The van der Waals surface area contributed by atoms with E-state index in [0.717, 1.165) is 38.3 Å². The minimum absolute atomic E-state index is 0.00587. The van der Waals surface area contributed by atoms with Crippen LogP contribution in [0.2, 0.25) is 0 Å². The molecule has 0 radical (unpaired) electrons. The molecule has 4 aromatic heterocycles. The number of halogens is 3. The Morgan fingerprint density at radius 2 is 1.62 bits per heavy atom. The number of hydrogen-bond donors (Lipinski definition) is 5. The average molecular weight is 1190 g/mol. The van der Waals surface area contributed by atoms with Crippen molar-refractivity contribution in [3.8, 4) is 16.2 Å². The van der Waals surface area contributed by atoms with Gasteiger partial charge in [-0.05, 0) is 91.6 Å². The highest BCUT2D eigenvalue weighted by molar-refractivity contribution is 7.13. The number of amides is 6. The van der Waals surface area contributed by atoms with Gasteiger partial charge in [0.1, 0.15) is 30.1 Å². The van der Waals surface area contributed by atoms with Crippen molar-refractivity contribution in [2.24, 2.45) is 5.41 Å². The maximum absolute atomic E-state index is 14.7. The van der Waals surface area contributed by atoms with E-state index in [-0.39, 0.29) is 124 Å². The van der Waals surface area contributed by atoms with E-state index in [9.17, 15) is 56.9 Å². The molecule has 2 fully saturated rings. The number of aromatic nitrogens is 6. The lowest BCUT2D eigenvalue weighted by molar-refractivity contribution is -0.144. The van der Waals surface area contributed by atoms with Crippen LogP contribution in [0.3, 0.4) is 0 Å². The van der Waals surface area contributed by atoms with Gasteiger partial charge in [0.15, 0.2) is 11.5 Å². The molecule has 4 atom stereocenters. The summed E-state index contributed by atoms with van der Waals surface area (Å²) in [6.45, 7) is 12.7. The number of aryl methyl sites for hydroxylation is 2. The zero-order valence-electron chi connectivity index (χ0n) is 48.2. The SMILES string of the molecule is CCc1c(N2CCN(C(=O)c3ncccc3O)CC2)c(=O)n2nc(C3=CCN(C(=O)CCC(=O)N[C@H](C(=O)N4C[C@H](O)C[C@H]4C(=O)N[C@@H](C)c4ccc(-c5scnc5C)cc4)C(C)(C)C)CC3)nc2n1CC(=O)Nc1ccc(C(F)(F)F)cc1C. The standard InChI is InChI=1S/C59H68F3N13O9S/c1-8-42-49(71-24-26-72(27-25-71)54(82)48-44(77)10-9-21-63-48)55(83)75-57(74(42)31-46(79)66-41-16-15-39(28-33(41)2)59(60,61)62)68-52(69-75)38-19-22-70(23-20-38)47(80)18-17-45(78)67-51(58(5,6)7)56(84)73-30-40(76)29-43(73)53(81)65-34(3)36-11-13-37(14-12-36)50-35(4)64-32-85-50/h9-16,19,21,28,32,34,40,43,51,76-77H,8,17-18,20,22-27,29-31H2,1-7H3,(H,65,81)(H,66,79)(H,67,78)/t34-,40+,43-,51+/m0/s1. The molecule has 3 aliphatic rings. The number of nitrogens with one attached hydrogen (secondary N) is 3. The lowest BCUT2D eigenvalue weighted by atomic mass is 9.85. The van der Waals surface area contributed by atoms with E-state index in [1.807, 2.05) is 38.1 Å². The van der Waals surface area contributed by atoms with Crippen LogP contribution in [0.1, 0.15) is 111 Å². The molecule has 2 saturated heterocycles. The number of thiazole rings is 1. The van der Waals surface area contributed by atoms with Crippen molar-refractivity contribution in [3.05, 3.63) is 122 Å². The highest BCUT2D eigenvalue weighted by Gasteiger charge is 2.45.